The highest BCUT2D eigenvalue weighted by molar-refractivity contribution is 5.50. The predicted molar refractivity (Wildman–Crippen MR) is 63.1 cm³/mol. The van der Waals surface area contributed by atoms with Crippen molar-refractivity contribution in [2.75, 3.05) is 19.0 Å². The number of halogens is 1. The Hall–Kier alpha value is -1.60. The van der Waals surface area contributed by atoms with Crippen molar-refractivity contribution in [1.29, 1.82) is 5.26 Å². The van der Waals surface area contributed by atoms with Crippen LogP contribution in [0.4, 0.5) is 10.1 Å². The van der Waals surface area contributed by atoms with Gasteiger partial charge in [-0.25, -0.2) is 4.39 Å². The SMILES string of the molecule is COCC(Nc1ccc(F)c(C#N)c1)C1CC1. The largest absolute Gasteiger partial charge is 0.383 e. The van der Waals surface area contributed by atoms with Gasteiger partial charge in [-0.15, -0.1) is 0 Å². The Morgan fingerprint density at radius 1 is 1.59 bits per heavy atom. The molecule has 90 valence electrons. The molecule has 0 spiro atoms. The molecule has 1 saturated carbocycles. The molecule has 1 aliphatic carbocycles. The van der Waals surface area contributed by atoms with Crippen molar-refractivity contribution in [3.8, 4) is 6.07 Å². The van der Waals surface area contributed by atoms with E-state index in [9.17, 15) is 4.39 Å². The third-order valence-corrected chi connectivity index (χ3v) is 2.98. The van der Waals surface area contributed by atoms with E-state index in [0.717, 1.165) is 5.69 Å². The quantitative estimate of drug-likeness (QED) is 0.851. The molecule has 1 aliphatic rings. The maximum Gasteiger partial charge on any atom is 0.141 e. The Kier molecular flexibility index (Phi) is 3.60. The molecule has 4 heteroatoms. The van der Waals surface area contributed by atoms with Gasteiger partial charge in [0.15, 0.2) is 0 Å². The fraction of sp³-hybridized carbons (Fsp3) is 0.462. The molecule has 1 aromatic rings. The van der Waals surface area contributed by atoms with Crippen LogP contribution < -0.4 is 5.32 Å². The number of nitriles is 1. The molecular weight excluding hydrogens is 219 g/mol. The topological polar surface area (TPSA) is 45.0 Å². The van der Waals surface area contributed by atoms with Crippen molar-refractivity contribution in [2.45, 2.75) is 18.9 Å². The normalized spacial score (nSPS) is 16.3. The first kappa shape index (κ1) is 11.9. The van der Waals surface area contributed by atoms with Crippen LogP contribution in [-0.4, -0.2) is 19.8 Å². The molecule has 0 heterocycles. The summed E-state index contributed by atoms with van der Waals surface area (Å²) >= 11 is 0. The Morgan fingerprint density at radius 3 is 2.94 bits per heavy atom. The van der Waals surface area contributed by atoms with Crippen molar-refractivity contribution in [3.05, 3.63) is 29.6 Å². The first-order valence-electron chi connectivity index (χ1n) is 5.69. The summed E-state index contributed by atoms with van der Waals surface area (Å²) in [5.41, 5.74) is 0.846. The Balaban J connectivity index is 2.09. The summed E-state index contributed by atoms with van der Waals surface area (Å²) in [7, 11) is 1.67. The van der Waals surface area contributed by atoms with Crippen LogP contribution in [0.25, 0.3) is 0 Å². The van der Waals surface area contributed by atoms with Gasteiger partial charge in [-0.05, 0) is 37.0 Å². The molecule has 2 rings (SSSR count). The van der Waals surface area contributed by atoms with Gasteiger partial charge in [0.25, 0.3) is 0 Å². The maximum atomic E-state index is 13.2. The van der Waals surface area contributed by atoms with Crippen LogP contribution in [0.5, 0.6) is 0 Å². The van der Waals surface area contributed by atoms with Gasteiger partial charge in [0.1, 0.15) is 11.9 Å². The number of ether oxygens (including phenoxy) is 1. The van der Waals surface area contributed by atoms with E-state index in [2.05, 4.69) is 5.32 Å². The fourth-order valence-electron chi connectivity index (χ4n) is 1.89. The van der Waals surface area contributed by atoms with E-state index in [4.69, 9.17) is 10.00 Å². The van der Waals surface area contributed by atoms with Crippen LogP contribution in [0.15, 0.2) is 18.2 Å². The first-order valence-corrected chi connectivity index (χ1v) is 5.69. The van der Waals surface area contributed by atoms with Crippen molar-refractivity contribution in [2.24, 2.45) is 5.92 Å². The number of rotatable bonds is 5. The monoisotopic (exact) mass is 234 g/mol. The molecule has 0 bridgehead atoms. The second kappa shape index (κ2) is 5.15. The molecule has 0 amide bonds. The van der Waals surface area contributed by atoms with Crippen molar-refractivity contribution in [3.63, 3.8) is 0 Å². The molecular formula is C13H15FN2O. The first-order chi connectivity index (χ1) is 8.24. The maximum absolute atomic E-state index is 13.2. The lowest BCUT2D eigenvalue weighted by atomic mass is 10.1. The minimum atomic E-state index is -0.479. The van der Waals surface area contributed by atoms with Gasteiger partial charge in [-0.1, -0.05) is 0 Å². The van der Waals surface area contributed by atoms with E-state index < -0.39 is 5.82 Å². The summed E-state index contributed by atoms with van der Waals surface area (Å²) in [4.78, 5) is 0. The van der Waals surface area contributed by atoms with Gasteiger partial charge in [0, 0.05) is 12.8 Å². The van der Waals surface area contributed by atoms with Crippen LogP contribution in [-0.2, 0) is 4.74 Å². The van der Waals surface area contributed by atoms with Crippen molar-refractivity contribution < 1.29 is 9.13 Å². The molecule has 1 fully saturated rings. The molecule has 0 saturated heterocycles. The molecule has 1 unspecified atom stereocenters. The third-order valence-electron chi connectivity index (χ3n) is 2.98. The smallest absolute Gasteiger partial charge is 0.141 e. The Bertz CT molecular complexity index is 438. The Labute approximate surface area is 100 Å². The standard InChI is InChI=1S/C13H15FN2O/c1-17-8-13(9-2-3-9)16-11-4-5-12(14)10(6-11)7-15/h4-6,9,13,16H,2-3,8H2,1H3. The summed E-state index contributed by atoms with van der Waals surface area (Å²) in [5.74, 6) is 0.151. The summed E-state index contributed by atoms with van der Waals surface area (Å²) < 4.78 is 18.3. The van der Waals surface area contributed by atoms with E-state index >= 15 is 0 Å². The van der Waals surface area contributed by atoms with Crippen LogP contribution in [0.2, 0.25) is 0 Å². The number of nitrogens with one attached hydrogen (secondary N) is 1. The lowest BCUT2D eigenvalue weighted by molar-refractivity contribution is 0.179. The summed E-state index contributed by atoms with van der Waals surface area (Å²) in [6.07, 6.45) is 2.40. The lowest BCUT2D eigenvalue weighted by Gasteiger charge is -2.18. The number of methoxy groups -OCH3 is 1. The molecule has 1 atom stereocenters. The predicted octanol–water partition coefficient (Wildman–Crippen LogP) is 2.53. The molecule has 3 nitrogen and oxygen atoms in total. The second-order valence-corrected chi connectivity index (χ2v) is 4.35. The minimum absolute atomic E-state index is 0.0713. The molecule has 0 radical (unpaired) electrons. The number of nitrogens with zero attached hydrogens (tertiary/aromatic N) is 1. The number of hydrogen-bond acceptors (Lipinski definition) is 3. The average molecular weight is 234 g/mol. The van der Waals surface area contributed by atoms with Crippen molar-refractivity contribution >= 4 is 5.69 Å². The number of anilines is 1. The highest BCUT2D eigenvalue weighted by Gasteiger charge is 2.31. The number of hydrogen-bond donors (Lipinski definition) is 1. The van der Waals surface area contributed by atoms with E-state index in [-0.39, 0.29) is 11.6 Å². The van der Waals surface area contributed by atoms with Gasteiger partial charge < -0.3 is 10.1 Å². The van der Waals surface area contributed by atoms with Gasteiger partial charge in [-0.3, -0.25) is 0 Å². The Morgan fingerprint density at radius 2 is 2.35 bits per heavy atom. The third kappa shape index (κ3) is 2.95. The van der Waals surface area contributed by atoms with Gasteiger partial charge in [0.05, 0.1) is 18.2 Å². The van der Waals surface area contributed by atoms with Crippen molar-refractivity contribution in [1.82, 2.24) is 0 Å². The zero-order chi connectivity index (χ0) is 12.3. The van der Waals surface area contributed by atoms with Crippen LogP contribution in [0.3, 0.4) is 0 Å². The van der Waals surface area contributed by atoms with Gasteiger partial charge in [-0.2, -0.15) is 5.26 Å². The zero-order valence-corrected chi connectivity index (χ0v) is 9.74. The molecule has 1 N–H and O–H groups in total. The molecule has 0 aromatic heterocycles. The lowest BCUT2D eigenvalue weighted by Crippen LogP contribution is -2.27. The van der Waals surface area contributed by atoms with Gasteiger partial charge >= 0.3 is 0 Å². The van der Waals surface area contributed by atoms with E-state index in [1.807, 2.05) is 6.07 Å². The van der Waals surface area contributed by atoms with E-state index in [1.54, 1.807) is 19.2 Å². The fourth-order valence-corrected chi connectivity index (χ4v) is 1.89. The molecule has 17 heavy (non-hydrogen) atoms. The minimum Gasteiger partial charge on any atom is -0.383 e. The summed E-state index contributed by atoms with van der Waals surface area (Å²) in [5, 5.41) is 12.1. The highest BCUT2D eigenvalue weighted by atomic mass is 19.1. The summed E-state index contributed by atoms with van der Waals surface area (Å²) in [6.45, 7) is 0.629. The molecule has 0 aliphatic heterocycles. The second-order valence-electron chi connectivity index (χ2n) is 4.35. The average Bonchev–Trinajstić information content (AvgIpc) is 3.15. The molecule has 1 aromatic carbocycles. The number of benzene rings is 1. The summed E-state index contributed by atoms with van der Waals surface area (Å²) in [6, 6.07) is 6.60. The van der Waals surface area contributed by atoms with Crippen LogP contribution >= 0.6 is 0 Å². The van der Waals surface area contributed by atoms with E-state index in [1.165, 1.54) is 18.9 Å². The van der Waals surface area contributed by atoms with Crippen LogP contribution in [0.1, 0.15) is 18.4 Å². The van der Waals surface area contributed by atoms with Crippen LogP contribution in [0, 0.1) is 23.1 Å². The highest BCUT2D eigenvalue weighted by Crippen LogP contribution is 2.34. The zero-order valence-electron chi connectivity index (χ0n) is 9.74. The van der Waals surface area contributed by atoms with Gasteiger partial charge in [0.2, 0.25) is 0 Å². The van der Waals surface area contributed by atoms with E-state index in [0.29, 0.717) is 12.5 Å².